The van der Waals surface area contributed by atoms with Crippen LogP contribution in [0.4, 0.5) is 10.5 Å². The Labute approximate surface area is 112 Å². The summed E-state index contributed by atoms with van der Waals surface area (Å²) in [6, 6.07) is 6.94. The molecule has 0 bridgehead atoms. The van der Waals surface area contributed by atoms with E-state index in [0.29, 0.717) is 11.3 Å². The van der Waals surface area contributed by atoms with Gasteiger partial charge in [-0.2, -0.15) is 12.7 Å². The number of carbonyl (C=O) groups excluding carboxylic acids is 1. The lowest BCUT2D eigenvalue weighted by molar-refractivity contribution is 0.177. The molecule has 0 aliphatic heterocycles. The van der Waals surface area contributed by atoms with Crippen molar-refractivity contribution in [2.45, 2.75) is 13.5 Å². The van der Waals surface area contributed by atoms with Crippen molar-refractivity contribution in [1.29, 1.82) is 0 Å². The number of carbonyl (C=O) groups is 1. The summed E-state index contributed by atoms with van der Waals surface area (Å²) in [6.45, 7) is 1.94. The first-order chi connectivity index (χ1) is 8.90. The lowest BCUT2D eigenvalue weighted by atomic mass is 10.2. The molecule has 3 N–H and O–H groups in total. The number of nitrogens with zero attached hydrogens (tertiary/aromatic N) is 1. The number of nitrogens with one attached hydrogen (secondary N) is 1. The Morgan fingerprint density at radius 1 is 1.42 bits per heavy atom. The maximum Gasteiger partial charge on any atom is 0.421 e. The maximum absolute atomic E-state index is 11.9. The van der Waals surface area contributed by atoms with Gasteiger partial charge in [-0.05, 0) is 11.6 Å². The second-order valence-electron chi connectivity index (χ2n) is 3.72. The second kappa shape index (κ2) is 6.39. The molecule has 106 valence electrons. The highest BCUT2D eigenvalue weighted by atomic mass is 32.2. The van der Waals surface area contributed by atoms with Crippen molar-refractivity contribution >= 4 is 22.0 Å². The zero-order valence-electron chi connectivity index (χ0n) is 10.8. The van der Waals surface area contributed by atoms with Gasteiger partial charge in [-0.3, -0.25) is 0 Å². The third-order valence-corrected chi connectivity index (χ3v) is 3.98. The number of ether oxygens (including phenoxy) is 1. The number of methoxy groups -OCH3 is 1. The molecule has 0 fully saturated rings. The molecular formula is C11H17N3O4S. The van der Waals surface area contributed by atoms with Gasteiger partial charge in [0.1, 0.15) is 0 Å². The van der Waals surface area contributed by atoms with Crippen LogP contribution in [-0.2, 0) is 21.5 Å². The van der Waals surface area contributed by atoms with E-state index >= 15 is 0 Å². The number of hydrogen-bond donors (Lipinski definition) is 2. The van der Waals surface area contributed by atoms with E-state index in [-0.39, 0.29) is 13.1 Å². The fourth-order valence-electron chi connectivity index (χ4n) is 1.45. The molecule has 7 nitrogen and oxygen atoms in total. The van der Waals surface area contributed by atoms with Crippen LogP contribution >= 0.6 is 0 Å². The lowest BCUT2D eigenvalue weighted by Crippen LogP contribution is -2.43. The highest BCUT2D eigenvalue weighted by Crippen LogP contribution is 2.14. The molecular weight excluding hydrogens is 270 g/mol. The van der Waals surface area contributed by atoms with Crippen molar-refractivity contribution in [3.63, 3.8) is 0 Å². The summed E-state index contributed by atoms with van der Waals surface area (Å²) >= 11 is 0. The Hall–Kier alpha value is -1.80. The number of rotatable bonds is 5. The van der Waals surface area contributed by atoms with Crippen LogP contribution in [0.5, 0.6) is 0 Å². The van der Waals surface area contributed by atoms with Gasteiger partial charge in [0, 0.05) is 18.8 Å². The van der Waals surface area contributed by atoms with Crippen molar-refractivity contribution in [2.24, 2.45) is 0 Å². The van der Waals surface area contributed by atoms with Crippen molar-refractivity contribution in [3.8, 4) is 0 Å². The summed E-state index contributed by atoms with van der Waals surface area (Å²) in [5, 5.41) is 0. The van der Waals surface area contributed by atoms with Gasteiger partial charge in [0.15, 0.2) is 0 Å². The Bertz CT molecular complexity index is 545. The molecule has 0 aliphatic carbocycles. The van der Waals surface area contributed by atoms with Crippen molar-refractivity contribution < 1.29 is 17.9 Å². The summed E-state index contributed by atoms with van der Waals surface area (Å²) < 4.78 is 31.0. The molecule has 0 saturated heterocycles. The summed E-state index contributed by atoms with van der Waals surface area (Å²) in [5.74, 6) is 0. The van der Waals surface area contributed by atoms with Gasteiger partial charge in [-0.25, -0.2) is 9.52 Å². The third kappa shape index (κ3) is 4.11. The molecule has 0 atom stereocenters. The molecule has 0 aromatic heterocycles. The topological polar surface area (TPSA) is 102 Å². The number of nitrogen functional groups attached to an aromatic ring is 1. The molecule has 0 radical (unpaired) electrons. The molecule has 0 spiro atoms. The van der Waals surface area contributed by atoms with E-state index in [1.165, 1.54) is 0 Å². The summed E-state index contributed by atoms with van der Waals surface area (Å²) in [6.07, 6.45) is -1.03. The minimum atomic E-state index is -3.95. The first kappa shape index (κ1) is 15.3. The Balaban J connectivity index is 2.90. The van der Waals surface area contributed by atoms with E-state index < -0.39 is 16.3 Å². The molecule has 0 heterocycles. The van der Waals surface area contributed by atoms with Crippen LogP contribution in [0.25, 0.3) is 0 Å². The Morgan fingerprint density at radius 2 is 2.05 bits per heavy atom. The van der Waals surface area contributed by atoms with Crippen LogP contribution in [0, 0.1) is 0 Å². The number of para-hydroxylation sites is 1. The van der Waals surface area contributed by atoms with Gasteiger partial charge < -0.3 is 10.5 Å². The molecule has 0 unspecified atom stereocenters. The average Bonchev–Trinajstić information content (AvgIpc) is 2.36. The fourth-order valence-corrected chi connectivity index (χ4v) is 2.52. The first-order valence-corrected chi connectivity index (χ1v) is 7.04. The van der Waals surface area contributed by atoms with Crippen molar-refractivity contribution in [1.82, 2.24) is 9.03 Å². The fraction of sp³-hybridized carbons (Fsp3) is 0.364. The molecule has 8 heteroatoms. The van der Waals surface area contributed by atoms with Crippen LogP contribution in [0.2, 0.25) is 0 Å². The zero-order valence-corrected chi connectivity index (χ0v) is 11.6. The number of hydrogen-bond acceptors (Lipinski definition) is 5. The molecule has 19 heavy (non-hydrogen) atoms. The molecule has 0 aliphatic rings. The van der Waals surface area contributed by atoms with Crippen molar-refractivity contribution in [3.05, 3.63) is 29.8 Å². The standard InChI is InChI=1S/C11H17N3O4S/c1-3-14(19(16,17)13-11(15)18-2)8-9-6-4-5-7-10(9)12/h4-7H,3,8,12H2,1-2H3,(H,13,15). The zero-order chi connectivity index (χ0) is 14.5. The second-order valence-corrected chi connectivity index (χ2v) is 5.39. The summed E-state index contributed by atoms with van der Waals surface area (Å²) in [4.78, 5) is 11.0. The minimum absolute atomic E-state index is 0.0789. The van der Waals surface area contributed by atoms with E-state index in [9.17, 15) is 13.2 Å². The summed E-state index contributed by atoms with van der Waals surface area (Å²) in [5.41, 5.74) is 6.92. The van der Waals surface area contributed by atoms with Crippen LogP contribution in [-0.4, -0.2) is 32.5 Å². The lowest BCUT2D eigenvalue weighted by Gasteiger charge is -2.20. The first-order valence-electron chi connectivity index (χ1n) is 5.60. The van der Waals surface area contributed by atoms with Crippen LogP contribution in [0.1, 0.15) is 12.5 Å². The number of anilines is 1. The maximum atomic E-state index is 11.9. The monoisotopic (exact) mass is 287 g/mol. The van der Waals surface area contributed by atoms with Crippen molar-refractivity contribution in [2.75, 3.05) is 19.4 Å². The van der Waals surface area contributed by atoms with E-state index in [4.69, 9.17) is 5.73 Å². The average molecular weight is 287 g/mol. The molecule has 1 amide bonds. The highest BCUT2D eigenvalue weighted by molar-refractivity contribution is 7.87. The van der Waals surface area contributed by atoms with Gasteiger partial charge >= 0.3 is 16.3 Å². The predicted molar refractivity (Wildman–Crippen MR) is 71.4 cm³/mol. The number of nitrogens with two attached hydrogens (primary N) is 1. The largest absolute Gasteiger partial charge is 0.452 e. The van der Waals surface area contributed by atoms with Gasteiger partial charge in [-0.15, -0.1) is 0 Å². The SMILES string of the molecule is CCN(Cc1ccccc1N)S(=O)(=O)NC(=O)OC. The van der Waals surface area contributed by atoms with E-state index in [0.717, 1.165) is 11.4 Å². The molecule has 0 saturated carbocycles. The molecule has 1 rings (SSSR count). The molecule has 1 aromatic rings. The minimum Gasteiger partial charge on any atom is -0.452 e. The Morgan fingerprint density at radius 3 is 2.58 bits per heavy atom. The normalized spacial score (nSPS) is 11.3. The van der Waals surface area contributed by atoms with Crippen LogP contribution in [0.3, 0.4) is 0 Å². The quantitative estimate of drug-likeness (QED) is 0.776. The summed E-state index contributed by atoms with van der Waals surface area (Å²) in [7, 11) is -2.85. The van der Waals surface area contributed by atoms with Crippen LogP contribution in [0.15, 0.2) is 24.3 Å². The van der Waals surface area contributed by atoms with Gasteiger partial charge in [0.05, 0.1) is 7.11 Å². The van der Waals surface area contributed by atoms with E-state index in [2.05, 4.69) is 4.74 Å². The van der Waals surface area contributed by atoms with E-state index in [1.54, 1.807) is 35.9 Å². The Kier molecular flexibility index (Phi) is 5.13. The smallest absolute Gasteiger partial charge is 0.421 e. The highest BCUT2D eigenvalue weighted by Gasteiger charge is 2.23. The van der Waals surface area contributed by atoms with Gasteiger partial charge in [0.2, 0.25) is 0 Å². The number of amides is 1. The van der Waals surface area contributed by atoms with Gasteiger partial charge in [-0.1, -0.05) is 25.1 Å². The number of benzene rings is 1. The molecule has 1 aromatic carbocycles. The van der Waals surface area contributed by atoms with E-state index in [1.807, 2.05) is 0 Å². The third-order valence-electron chi connectivity index (χ3n) is 2.49. The van der Waals surface area contributed by atoms with Crippen LogP contribution < -0.4 is 10.5 Å². The van der Waals surface area contributed by atoms with Gasteiger partial charge in [0.25, 0.3) is 0 Å². The predicted octanol–water partition coefficient (Wildman–Crippen LogP) is 0.692.